The Morgan fingerprint density at radius 2 is 0.962 bits per heavy atom. The number of para-hydroxylation sites is 1. The lowest BCUT2D eigenvalue weighted by Crippen LogP contribution is -2.10. The third-order valence-electron chi connectivity index (χ3n) is 10.7. The fraction of sp³-hybridized carbons (Fsp3) is 0. The molecule has 0 amide bonds. The minimum Gasteiger partial charge on any atom is -0.456 e. The van der Waals surface area contributed by atoms with Crippen molar-refractivity contribution in [1.29, 1.82) is 0 Å². The van der Waals surface area contributed by atoms with Crippen molar-refractivity contribution in [3.05, 3.63) is 194 Å². The molecule has 0 aliphatic heterocycles. The quantitative estimate of drug-likeness (QED) is 0.181. The molecule has 0 unspecified atom stereocenters. The molecule has 0 aliphatic carbocycles. The van der Waals surface area contributed by atoms with E-state index in [2.05, 4.69) is 191 Å². The second kappa shape index (κ2) is 11.7. The number of anilines is 3. The smallest absolute Gasteiger partial charge is 0.137 e. The van der Waals surface area contributed by atoms with E-state index in [9.17, 15) is 0 Å². The molecule has 0 saturated carbocycles. The lowest BCUT2D eigenvalue weighted by molar-refractivity contribution is 0.669. The topological polar surface area (TPSA) is 21.3 Å². The van der Waals surface area contributed by atoms with Gasteiger partial charge in [-0.25, -0.2) is 0 Å². The van der Waals surface area contributed by atoms with Crippen LogP contribution in [-0.2, 0) is 0 Å². The molecule has 0 N–H and O–H groups in total. The minimum atomic E-state index is 0.873. The molecule has 3 nitrogen and oxygen atoms in total. The van der Waals surface area contributed by atoms with Crippen LogP contribution in [0.1, 0.15) is 0 Å². The summed E-state index contributed by atoms with van der Waals surface area (Å²) in [7, 11) is 0. The number of aromatic nitrogens is 1. The fourth-order valence-electron chi connectivity index (χ4n) is 8.23. The van der Waals surface area contributed by atoms with Crippen LogP contribution in [0, 0.1) is 0 Å². The first-order valence-corrected chi connectivity index (χ1v) is 18.1. The van der Waals surface area contributed by atoms with Gasteiger partial charge in [0.05, 0.1) is 11.0 Å². The molecule has 11 aromatic rings. The number of hydrogen-bond acceptors (Lipinski definition) is 2. The van der Waals surface area contributed by atoms with Crippen molar-refractivity contribution in [2.45, 2.75) is 0 Å². The Hall–Kier alpha value is -7.10. The summed E-state index contributed by atoms with van der Waals surface area (Å²) in [5.41, 5.74) is 10.9. The average molecular weight is 677 g/mol. The highest BCUT2D eigenvalue weighted by Crippen LogP contribution is 2.43. The number of furan rings is 1. The highest BCUT2D eigenvalue weighted by molar-refractivity contribution is 6.19. The summed E-state index contributed by atoms with van der Waals surface area (Å²) < 4.78 is 8.85. The summed E-state index contributed by atoms with van der Waals surface area (Å²) >= 11 is 0. The zero-order valence-corrected chi connectivity index (χ0v) is 28.8. The van der Waals surface area contributed by atoms with Crippen molar-refractivity contribution in [2.75, 3.05) is 4.90 Å². The zero-order chi connectivity index (χ0) is 34.9. The first-order chi connectivity index (χ1) is 26.3. The maximum atomic E-state index is 6.41. The molecule has 9 aromatic carbocycles. The molecule has 2 heterocycles. The highest BCUT2D eigenvalue weighted by atomic mass is 16.3. The summed E-state index contributed by atoms with van der Waals surface area (Å²) in [5, 5.41) is 9.54. The second-order valence-electron chi connectivity index (χ2n) is 13.8. The van der Waals surface area contributed by atoms with E-state index in [1.807, 2.05) is 12.1 Å². The van der Waals surface area contributed by atoms with Gasteiger partial charge in [-0.1, -0.05) is 127 Å². The molecular formula is C50H32N2O. The van der Waals surface area contributed by atoms with Crippen LogP contribution in [0.4, 0.5) is 17.1 Å². The van der Waals surface area contributed by atoms with Crippen LogP contribution < -0.4 is 4.90 Å². The lowest BCUT2D eigenvalue weighted by atomic mass is 10.0. The van der Waals surface area contributed by atoms with Crippen molar-refractivity contribution >= 4 is 82.4 Å². The van der Waals surface area contributed by atoms with Crippen molar-refractivity contribution < 1.29 is 4.42 Å². The maximum absolute atomic E-state index is 6.41. The second-order valence-corrected chi connectivity index (χ2v) is 13.8. The van der Waals surface area contributed by atoms with Crippen LogP contribution in [0.25, 0.3) is 82.1 Å². The molecule has 0 aliphatic rings. The predicted molar refractivity (Wildman–Crippen MR) is 223 cm³/mol. The standard InChI is InChI=1S/C50H32N2O/c1-2-10-33(11-3-1)35-18-22-38(23-19-35)52-47-29-26-40(31-46(47)45-27-21-36-13-6-7-15-42(36)50(45)52)51(39-24-20-34-12-4-5-14-37(34)30-39)41-25-28-44-43-16-8-9-17-48(43)53-49(44)32-41/h1-32H. The number of hydrogen-bond donors (Lipinski definition) is 0. The third kappa shape index (κ3) is 4.75. The molecular weight excluding hydrogens is 645 g/mol. The van der Waals surface area contributed by atoms with Crippen LogP contribution in [0.15, 0.2) is 199 Å². The molecule has 0 saturated heterocycles. The Labute approximate surface area is 306 Å². The molecule has 0 radical (unpaired) electrons. The van der Waals surface area contributed by atoms with Gasteiger partial charge < -0.3 is 13.9 Å². The molecule has 2 aromatic heterocycles. The fourth-order valence-corrected chi connectivity index (χ4v) is 8.23. The number of benzene rings is 9. The summed E-state index contributed by atoms with van der Waals surface area (Å²) in [5.74, 6) is 0. The van der Waals surface area contributed by atoms with Gasteiger partial charge in [-0.3, -0.25) is 0 Å². The van der Waals surface area contributed by atoms with E-state index < -0.39 is 0 Å². The number of rotatable bonds is 5. The highest BCUT2D eigenvalue weighted by Gasteiger charge is 2.20. The van der Waals surface area contributed by atoms with Gasteiger partial charge in [-0.15, -0.1) is 0 Å². The van der Waals surface area contributed by atoms with Crippen molar-refractivity contribution in [3.8, 4) is 16.8 Å². The normalized spacial score (nSPS) is 11.8. The first kappa shape index (κ1) is 29.6. The number of nitrogens with zero attached hydrogens (tertiary/aromatic N) is 2. The van der Waals surface area contributed by atoms with Gasteiger partial charge in [-0.05, 0) is 87.9 Å². The zero-order valence-electron chi connectivity index (χ0n) is 28.8. The van der Waals surface area contributed by atoms with E-state index in [4.69, 9.17) is 4.42 Å². The van der Waals surface area contributed by atoms with Gasteiger partial charge in [0.15, 0.2) is 0 Å². The molecule has 0 bridgehead atoms. The number of fused-ring (bicyclic) bond motifs is 9. The Morgan fingerprint density at radius 3 is 1.83 bits per heavy atom. The van der Waals surface area contributed by atoms with E-state index in [1.54, 1.807) is 0 Å². The van der Waals surface area contributed by atoms with Crippen LogP contribution in [-0.4, -0.2) is 4.57 Å². The van der Waals surface area contributed by atoms with E-state index in [0.717, 1.165) is 44.7 Å². The summed E-state index contributed by atoms with van der Waals surface area (Å²) in [6.45, 7) is 0. The minimum absolute atomic E-state index is 0.873. The average Bonchev–Trinajstić information content (AvgIpc) is 3.77. The maximum Gasteiger partial charge on any atom is 0.137 e. The first-order valence-electron chi connectivity index (χ1n) is 18.1. The van der Waals surface area contributed by atoms with Gasteiger partial charge >= 0.3 is 0 Å². The summed E-state index contributed by atoms with van der Waals surface area (Å²) in [6.07, 6.45) is 0. The molecule has 248 valence electrons. The van der Waals surface area contributed by atoms with Gasteiger partial charge in [0.25, 0.3) is 0 Å². The van der Waals surface area contributed by atoms with Crippen LogP contribution in [0.3, 0.4) is 0 Å². The molecule has 0 atom stereocenters. The summed E-state index contributed by atoms with van der Waals surface area (Å²) in [6, 6.07) is 69.8. The van der Waals surface area contributed by atoms with Crippen LogP contribution >= 0.6 is 0 Å². The van der Waals surface area contributed by atoms with Crippen molar-refractivity contribution in [2.24, 2.45) is 0 Å². The van der Waals surface area contributed by atoms with E-state index in [0.29, 0.717) is 0 Å². The van der Waals surface area contributed by atoms with Gasteiger partial charge in [0.2, 0.25) is 0 Å². The monoisotopic (exact) mass is 676 g/mol. The van der Waals surface area contributed by atoms with Crippen molar-refractivity contribution in [3.63, 3.8) is 0 Å². The Morgan fingerprint density at radius 1 is 0.358 bits per heavy atom. The molecule has 3 heteroatoms. The Balaban J connectivity index is 1.15. The third-order valence-corrected chi connectivity index (χ3v) is 10.7. The summed E-state index contributed by atoms with van der Waals surface area (Å²) in [4.78, 5) is 2.36. The van der Waals surface area contributed by atoms with Gasteiger partial charge in [0, 0.05) is 55.7 Å². The Kier molecular flexibility index (Phi) is 6.55. The van der Waals surface area contributed by atoms with E-state index in [-0.39, 0.29) is 0 Å². The van der Waals surface area contributed by atoms with Crippen LogP contribution in [0.5, 0.6) is 0 Å². The van der Waals surface area contributed by atoms with Crippen molar-refractivity contribution in [1.82, 2.24) is 4.57 Å². The molecule has 0 spiro atoms. The molecule has 53 heavy (non-hydrogen) atoms. The van der Waals surface area contributed by atoms with Crippen LogP contribution in [0.2, 0.25) is 0 Å². The van der Waals surface area contributed by atoms with E-state index >= 15 is 0 Å². The SMILES string of the molecule is c1ccc(-c2ccc(-n3c4ccc(N(c5ccc6ccccc6c5)c5ccc6c(c5)oc5ccccc56)cc4c4ccc5ccccc5c43)cc2)cc1. The van der Waals surface area contributed by atoms with E-state index in [1.165, 1.54) is 54.5 Å². The van der Waals surface area contributed by atoms with Gasteiger partial charge in [-0.2, -0.15) is 0 Å². The molecule has 0 fully saturated rings. The predicted octanol–water partition coefficient (Wildman–Crippen LogP) is 14.1. The lowest BCUT2D eigenvalue weighted by Gasteiger charge is -2.26. The Bertz CT molecular complexity index is 3170. The van der Waals surface area contributed by atoms with Gasteiger partial charge in [0.1, 0.15) is 11.2 Å². The molecule has 11 rings (SSSR count). The largest absolute Gasteiger partial charge is 0.456 e.